The first-order valence-electron chi connectivity index (χ1n) is 6.88. The van der Waals surface area contributed by atoms with Crippen LogP contribution in [0.5, 0.6) is 0 Å². The molecule has 0 aromatic carbocycles. The SMILES string of the molecule is CN(C(=O)C1CCCCO1)C1CCCNCC1. The van der Waals surface area contributed by atoms with Crippen LogP contribution in [-0.2, 0) is 9.53 Å². The van der Waals surface area contributed by atoms with Crippen LogP contribution in [0.3, 0.4) is 0 Å². The van der Waals surface area contributed by atoms with E-state index < -0.39 is 0 Å². The van der Waals surface area contributed by atoms with Gasteiger partial charge in [-0.15, -0.1) is 0 Å². The standard InChI is InChI=1S/C13H24N2O2/c1-15(11-5-4-8-14-9-7-11)13(16)12-6-2-3-10-17-12/h11-12,14H,2-10H2,1H3. The highest BCUT2D eigenvalue weighted by Gasteiger charge is 2.29. The number of hydrogen-bond donors (Lipinski definition) is 1. The minimum atomic E-state index is -0.176. The predicted octanol–water partition coefficient (Wildman–Crippen LogP) is 1.16. The van der Waals surface area contributed by atoms with Crippen molar-refractivity contribution in [1.29, 1.82) is 0 Å². The molecule has 0 aromatic heterocycles. The maximum atomic E-state index is 12.3. The number of ether oxygens (including phenoxy) is 1. The molecule has 2 rings (SSSR count). The lowest BCUT2D eigenvalue weighted by molar-refractivity contribution is -0.147. The molecule has 4 nitrogen and oxygen atoms in total. The number of amides is 1. The zero-order valence-corrected chi connectivity index (χ0v) is 10.8. The lowest BCUT2D eigenvalue weighted by Gasteiger charge is -2.32. The Morgan fingerprint density at radius 1 is 1.18 bits per heavy atom. The minimum absolute atomic E-state index is 0.176. The van der Waals surface area contributed by atoms with Crippen molar-refractivity contribution in [3.8, 4) is 0 Å². The molecule has 0 spiro atoms. The summed E-state index contributed by atoms with van der Waals surface area (Å²) in [7, 11) is 1.94. The van der Waals surface area contributed by atoms with Gasteiger partial charge in [0.05, 0.1) is 0 Å². The highest BCUT2D eigenvalue weighted by atomic mass is 16.5. The van der Waals surface area contributed by atoms with Gasteiger partial charge in [-0.25, -0.2) is 0 Å². The van der Waals surface area contributed by atoms with Crippen LogP contribution >= 0.6 is 0 Å². The summed E-state index contributed by atoms with van der Waals surface area (Å²) in [4.78, 5) is 14.2. The molecule has 2 aliphatic heterocycles. The molecule has 98 valence electrons. The highest BCUT2D eigenvalue weighted by Crippen LogP contribution is 2.18. The average molecular weight is 240 g/mol. The van der Waals surface area contributed by atoms with Gasteiger partial charge in [0.15, 0.2) is 0 Å². The molecular weight excluding hydrogens is 216 g/mol. The number of nitrogens with zero attached hydrogens (tertiary/aromatic N) is 1. The summed E-state index contributed by atoms with van der Waals surface area (Å²) >= 11 is 0. The molecular formula is C13H24N2O2. The topological polar surface area (TPSA) is 41.6 Å². The summed E-state index contributed by atoms with van der Waals surface area (Å²) in [6, 6.07) is 0.392. The second kappa shape index (κ2) is 6.36. The number of nitrogens with one attached hydrogen (secondary N) is 1. The summed E-state index contributed by atoms with van der Waals surface area (Å²) in [6.45, 7) is 2.85. The maximum absolute atomic E-state index is 12.3. The van der Waals surface area contributed by atoms with Crippen LogP contribution in [0, 0.1) is 0 Å². The van der Waals surface area contributed by atoms with E-state index in [0.29, 0.717) is 6.04 Å². The molecule has 4 heteroatoms. The molecule has 2 unspecified atom stereocenters. The van der Waals surface area contributed by atoms with E-state index >= 15 is 0 Å². The monoisotopic (exact) mass is 240 g/mol. The van der Waals surface area contributed by atoms with Crippen LogP contribution in [0.2, 0.25) is 0 Å². The van der Waals surface area contributed by atoms with Crippen molar-refractivity contribution in [2.45, 2.75) is 50.7 Å². The molecule has 17 heavy (non-hydrogen) atoms. The van der Waals surface area contributed by atoms with Crippen LogP contribution in [-0.4, -0.2) is 49.7 Å². The maximum Gasteiger partial charge on any atom is 0.251 e. The fraction of sp³-hybridized carbons (Fsp3) is 0.923. The largest absolute Gasteiger partial charge is 0.368 e. The van der Waals surface area contributed by atoms with Crippen LogP contribution in [0.15, 0.2) is 0 Å². The third-order valence-electron chi connectivity index (χ3n) is 3.90. The van der Waals surface area contributed by atoms with Crippen LogP contribution < -0.4 is 5.32 Å². The van der Waals surface area contributed by atoms with E-state index in [1.54, 1.807) is 0 Å². The van der Waals surface area contributed by atoms with Gasteiger partial charge in [0.25, 0.3) is 5.91 Å². The smallest absolute Gasteiger partial charge is 0.251 e. The van der Waals surface area contributed by atoms with Crippen molar-refractivity contribution >= 4 is 5.91 Å². The van der Waals surface area contributed by atoms with Crippen LogP contribution in [0.25, 0.3) is 0 Å². The second-order valence-corrected chi connectivity index (χ2v) is 5.14. The Balaban J connectivity index is 1.88. The first kappa shape index (κ1) is 12.8. The van der Waals surface area contributed by atoms with Gasteiger partial charge < -0.3 is 15.0 Å². The summed E-state index contributed by atoms with van der Waals surface area (Å²) in [5.41, 5.74) is 0. The lowest BCUT2D eigenvalue weighted by Crippen LogP contribution is -2.45. The van der Waals surface area contributed by atoms with Crippen molar-refractivity contribution in [2.75, 3.05) is 26.7 Å². The predicted molar refractivity (Wildman–Crippen MR) is 66.9 cm³/mol. The number of carbonyl (C=O) groups is 1. The summed E-state index contributed by atoms with van der Waals surface area (Å²) < 4.78 is 5.58. The van der Waals surface area contributed by atoms with Gasteiger partial charge in [0.1, 0.15) is 6.10 Å². The first-order valence-corrected chi connectivity index (χ1v) is 6.88. The minimum Gasteiger partial charge on any atom is -0.368 e. The summed E-state index contributed by atoms with van der Waals surface area (Å²) in [6.07, 6.45) is 6.28. The molecule has 0 radical (unpaired) electrons. The molecule has 0 saturated carbocycles. The second-order valence-electron chi connectivity index (χ2n) is 5.14. The third-order valence-corrected chi connectivity index (χ3v) is 3.90. The van der Waals surface area contributed by atoms with Gasteiger partial charge in [-0.2, -0.15) is 0 Å². The van der Waals surface area contributed by atoms with Gasteiger partial charge in [0, 0.05) is 19.7 Å². The van der Waals surface area contributed by atoms with Gasteiger partial charge in [-0.3, -0.25) is 4.79 Å². The Kier molecular flexibility index (Phi) is 4.80. The fourth-order valence-corrected chi connectivity index (χ4v) is 2.73. The van der Waals surface area contributed by atoms with Crippen molar-refractivity contribution in [2.24, 2.45) is 0 Å². The van der Waals surface area contributed by atoms with Crippen molar-refractivity contribution < 1.29 is 9.53 Å². The zero-order chi connectivity index (χ0) is 12.1. The van der Waals surface area contributed by atoms with Gasteiger partial charge in [-0.1, -0.05) is 0 Å². The van der Waals surface area contributed by atoms with E-state index in [9.17, 15) is 4.79 Å². The van der Waals surface area contributed by atoms with E-state index in [1.165, 1.54) is 0 Å². The van der Waals surface area contributed by atoms with E-state index in [4.69, 9.17) is 4.74 Å². The Morgan fingerprint density at radius 3 is 2.82 bits per heavy atom. The van der Waals surface area contributed by atoms with Crippen molar-refractivity contribution in [3.05, 3.63) is 0 Å². The molecule has 0 aromatic rings. The quantitative estimate of drug-likeness (QED) is 0.787. The highest BCUT2D eigenvalue weighted by molar-refractivity contribution is 5.81. The molecule has 2 atom stereocenters. The normalized spacial score (nSPS) is 30.6. The zero-order valence-electron chi connectivity index (χ0n) is 10.8. The van der Waals surface area contributed by atoms with E-state index in [2.05, 4.69) is 5.32 Å². The number of hydrogen-bond acceptors (Lipinski definition) is 3. The summed E-state index contributed by atoms with van der Waals surface area (Å²) in [5.74, 6) is 0.191. The molecule has 2 aliphatic rings. The lowest BCUT2D eigenvalue weighted by atomic mass is 10.0. The fourth-order valence-electron chi connectivity index (χ4n) is 2.73. The van der Waals surface area contributed by atoms with Crippen molar-refractivity contribution in [1.82, 2.24) is 10.2 Å². The third kappa shape index (κ3) is 3.42. The van der Waals surface area contributed by atoms with E-state index in [-0.39, 0.29) is 12.0 Å². The Hall–Kier alpha value is -0.610. The van der Waals surface area contributed by atoms with Gasteiger partial charge in [-0.05, 0) is 51.6 Å². The van der Waals surface area contributed by atoms with E-state index in [0.717, 1.165) is 58.2 Å². The van der Waals surface area contributed by atoms with Crippen molar-refractivity contribution in [3.63, 3.8) is 0 Å². The van der Waals surface area contributed by atoms with Gasteiger partial charge >= 0.3 is 0 Å². The van der Waals surface area contributed by atoms with E-state index in [1.807, 2.05) is 11.9 Å². The number of carbonyl (C=O) groups excluding carboxylic acids is 1. The molecule has 0 bridgehead atoms. The molecule has 2 saturated heterocycles. The Bertz CT molecular complexity index is 244. The molecule has 2 fully saturated rings. The van der Waals surface area contributed by atoms with Gasteiger partial charge in [0.2, 0.25) is 0 Å². The average Bonchev–Trinajstić information content (AvgIpc) is 2.67. The molecule has 1 N–H and O–H groups in total. The Morgan fingerprint density at radius 2 is 2.06 bits per heavy atom. The molecule has 0 aliphatic carbocycles. The number of rotatable bonds is 2. The Labute approximate surface area is 104 Å². The molecule has 1 amide bonds. The summed E-state index contributed by atoms with van der Waals surface area (Å²) in [5, 5.41) is 3.38. The van der Waals surface area contributed by atoms with Crippen LogP contribution in [0.4, 0.5) is 0 Å². The number of likely N-dealkylation sites (N-methyl/N-ethyl adjacent to an activating group) is 1. The molecule has 2 heterocycles. The van der Waals surface area contributed by atoms with Crippen LogP contribution in [0.1, 0.15) is 38.5 Å². The first-order chi connectivity index (χ1) is 8.29.